The Balaban J connectivity index is 1.93. The zero-order valence-corrected chi connectivity index (χ0v) is 9.47. The van der Waals surface area contributed by atoms with Crippen molar-refractivity contribution in [3.05, 3.63) is 23.3 Å². The van der Waals surface area contributed by atoms with Gasteiger partial charge in [0.25, 0.3) is 0 Å². The third kappa shape index (κ3) is 2.53. The van der Waals surface area contributed by atoms with E-state index in [-0.39, 0.29) is 0 Å². The number of hydrogen-bond acceptors (Lipinski definition) is 6. The van der Waals surface area contributed by atoms with Crippen LogP contribution in [0.3, 0.4) is 0 Å². The first-order valence-electron chi connectivity index (χ1n) is 4.76. The summed E-state index contributed by atoms with van der Waals surface area (Å²) in [5.74, 6) is 1.68. The number of nitrogens with one attached hydrogen (secondary N) is 1. The van der Waals surface area contributed by atoms with Crippen molar-refractivity contribution >= 4 is 16.7 Å². The number of hydrogen-bond donors (Lipinski definition) is 1. The average molecular weight is 224 g/mol. The molecular formula is C9H12N4OS. The lowest BCUT2D eigenvalue weighted by molar-refractivity contribution is 0.384. The minimum absolute atomic E-state index is 0.596. The van der Waals surface area contributed by atoms with Crippen molar-refractivity contribution in [2.45, 2.75) is 26.8 Å². The predicted molar refractivity (Wildman–Crippen MR) is 57.9 cm³/mol. The molecule has 5 nitrogen and oxygen atoms in total. The lowest BCUT2D eigenvalue weighted by Gasteiger charge is -1.95. The van der Waals surface area contributed by atoms with Gasteiger partial charge < -0.3 is 9.84 Å². The third-order valence-corrected chi connectivity index (χ3v) is 2.59. The van der Waals surface area contributed by atoms with Crippen molar-refractivity contribution in [2.24, 2.45) is 0 Å². The van der Waals surface area contributed by atoms with Gasteiger partial charge in [-0.15, -0.1) is 0 Å². The maximum absolute atomic E-state index is 5.06. The number of anilines is 1. The van der Waals surface area contributed by atoms with Gasteiger partial charge in [-0.3, -0.25) is 0 Å². The van der Waals surface area contributed by atoms with Gasteiger partial charge in [0.15, 0.2) is 5.76 Å². The van der Waals surface area contributed by atoms with Crippen LogP contribution in [0.1, 0.15) is 24.2 Å². The highest BCUT2D eigenvalue weighted by atomic mass is 32.1. The minimum Gasteiger partial charge on any atom is -0.359 e. The highest BCUT2D eigenvalue weighted by Crippen LogP contribution is 2.13. The fraction of sp³-hybridized carbons (Fsp3) is 0.444. The summed E-state index contributed by atoms with van der Waals surface area (Å²) in [7, 11) is 0. The Morgan fingerprint density at radius 1 is 1.53 bits per heavy atom. The summed E-state index contributed by atoms with van der Waals surface area (Å²) >= 11 is 1.37. The fourth-order valence-corrected chi connectivity index (χ4v) is 1.78. The van der Waals surface area contributed by atoms with E-state index in [1.54, 1.807) is 0 Å². The second-order valence-electron chi connectivity index (χ2n) is 3.16. The second kappa shape index (κ2) is 4.39. The lowest BCUT2D eigenvalue weighted by Crippen LogP contribution is -1.97. The molecule has 0 atom stereocenters. The van der Waals surface area contributed by atoms with Gasteiger partial charge in [-0.2, -0.15) is 4.37 Å². The first-order valence-corrected chi connectivity index (χ1v) is 5.54. The number of nitrogens with zero attached hydrogens (tertiary/aromatic N) is 3. The summed E-state index contributed by atoms with van der Waals surface area (Å²) in [6.45, 7) is 4.53. The van der Waals surface area contributed by atoms with Gasteiger partial charge in [0.05, 0.1) is 12.2 Å². The summed E-state index contributed by atoms with van der Waals surface area (Å²) in [5.41, 5.74) is 0.887. The van der Waals surface area contributed by atoms with Gasteiger partial charge in [-0.05, 0) is 6.92 Å². The molecule has 0 aliphatic heterocycles. The van der Waals surface area contributed by atoms with E-state index in [1.807, 2.05) is 19.9 Å². The molecule has 0 spiro atoms. The van der Waals surface area contributed by atoms with Crippen molar-refractivity contribution in [3.63, 3.8) is 0 Å². The summed E-state index contributed by atoms with van der Waals surface area (Å²) in [6.07, 6.45) is 0.861. The molecule has 15 heavy (non-hydrogen) atoms. The molecular weight excluding hydrogens is 212 g/mol. The van der Waals surface area contributed by atoms with Crippen LogP contribution in [0.5, 0.6) is 0 Å². The quantitative estimate of drug-likeness (QED) is 0.860. The molecule has 0 amide bonds. The van der Waals surface area contributed by atoms with Crippen LogP contribution in [0.2, 0.25) is 0 Å². The van der Waals surface area contributed by atoms with Crippen LogP contribution in [0.15, 0.2) is 10.6 Å². The molecule has 0 unspecified atom stereocenters. The summed E-state index contributed by atoms with van der Waals surface area (Å²) < 4.78 is 9.24. The lowest BCUT2D eigenvalue weighted by atomic mass is 10.4. The van der Waals surface area contributed by atoms with Gasteiger partial charge in [0.2, 0.25) is 5.13 Å². The predicted octanol–water partition coefficient (Wildman–Crippen LogP) is 2.01. The van der Waals surface area contributed by atoms with Crippen LogP contribution in [0.4, 0.5) is 5.13 Å². The molecule has 0 aromatic carbocycles. The number of rotatable bonds is 4. The fourth-order valence-electron chi connectivity index (χ4n) is 1.13. The molecule has 0 saturated carbocycles. The van der Waals surface area contributed by atoms with Gasteiger partial charge in [-0.25, -0.2) is 4.98 Å². The number of aryl methyl sites for hydroxylation is 2. The molecule has 0 fully saturated rings. The van der Waals surface area contributed by atoms with Crippen molar-refractivity contribution < 1.29 is 4.52 Å². The van der Waals surface area contributed by atoms with Crippen LogP contribution in [-0.4, -0.2) is 14.5 Å². The van der Waals surface area contributed by atoms with E-state index in [1.165, 1.54) is 11.5 Å². The van der Waals surface area contributed by atoms with Crippen molar-refractivity contribution in [1.82, 2.24) is 14.5 Å². The highest BCUT2D eigenvalue weighted by Gasteiger charge is 2.04. The van der Waals surface area contributed by atoms with E-state index in [0.717, 1.165) is 28.8 Å². The first-order chi connectivity index (χ1) is 7.28. The Kier molecular flexibility index (Phi) is 2.96. The third-order valence-electron chi connectivity index (χ3n) is 1.87. The standard InChI is InChI=1S/C9H12N4OS/c1-3-8-11-9(15-13-8)10-5-7-4-6(2)12-14-7/h4H,3,5H2,1-2H3,(H,10,11,13). The van der Waals surface area contributed by atoms with E-state index in [9.17, 15) is 0 Å². The molecule has 0 aliphatic carbocycles. The topological polar surface area (TPSA) is 63.8 Å². The molecule has 2 aromatic heterocycles. The van der Waals surface area contributed by atoms with Crippen molar-refractivity contribution in [1.29, 1.82) is 0 Å². The van der Waals surface area contributed by atoms with E-state index >= 15 is 0 Å². The summed E-state index contributed by atoms with van der Waals surface area (Å²) in [5, 5.41) is 7.76. The Morgan fingerprint density at radius 2 is 2.40 bits per heavy atom. The second-order valence-corrected chi connectivity index (χ2v) is 3.91. The zero-order valence-electron chi connectivity index (χ0n) is 8.65. The summed E-state index contributed by atoms with van der Waals surface area (Å²) in [6, 6.07) is 1.90. The molecule has 0 saturated heterocycles. The maximum atomic E-state index is 5.06. The molecule has 2 rings (SSSR count). The Bertz CT molecular complexity index is 437. The van der Waals surface area contributed by atoms with E-state index in [0.29, 0.717) is 6.54 Å². The van der Waals surface area contributed by atoms with Crippen LogP contribution in [0, 0.1) is 6.92 Å². The molecule has 2 heterocycles. The Labute approximate surface area is 91.7 Å². The van der Waals surface area contributed by atoms with Gasteiger partial charge in [-0.1, -0.05) is 12.1 Å². The van der Waals surface area contributed by atoms with Crippen molar-refractivity contribution in [2.75, 3.05) is 5.32 Å². The normalized spacial score (nSPS) is 10.5. The Hall–Kier alpha value is -1.43. The number of aromatic nitrogens is 3. The van der Waals surface area contributed by atoms with E-state index in [4.69, 9.17) is 4.52 Å². The largest absolute Gasteiger partial charge is 0.359 e. The molecule has 2 aromatic rings. The molecule has 80 valence electrons. The van der Waals surface area contributed by atoms with E-state index in [2.05, 4.69) is 19.8 Å². The van der Waals surface area contributed by atoms with E-state index < -0.39 is 0 Å². The molecule has 6 heteroatoms. The molecule has 0 radical (unpaired) electrons. The van der Waals surface area contributed by atoms with Crippen LogP contribution < -0.4 is 5.32 Å². The molecule has 1 N–H and O–H groups in total. The van der Waals surface area contributed by atoms with Crippen LogP contribution >= 0.6 is 11.5 Å². The van der Waals surface area contributed by atoms with Crippen molar-refractivity contribution in [3.8, 4) is 0 Å². The van der Waals surface area contributed by atoms with Gasteiger partial charge in [0.1, 0.15) is 5.82 Å². The monoisotopic (exact) mass is 224 g/mol. The first kappa shape index (κ1) is 10.1. The highest BCUT2D eigenvalue weighted by molar-refractivity contribution is 7.09. The van der Waals surface area contributed by atoms with Gasteiger partial charge >= 0.3 is 0 Å². The zero-order chi connectivity index (χ0) is 10.7. The molecule has 0 aliphatic rings. The molecule has 0 bridgehead atoms. The smallest absolute Gasteiger partial charge is 0.202 e. The SMILES string of the molecule is CCc1nsc(NCc2cc(C)no2)n1. The Morgan fingerprint density at radius 3 is 3.00 bits per heavy atom. The van der Waals surface area contributed by atoms with Crippen LogP contribution in [-0.2, 0) is 13.0 Å². The summed E-state index contributed by atoms with van der Waals surface area (Å²) in [4.78, 5) is 4.28. The van der Waals surface area contributed by atoms with Crippen LogP contribution in [0.25, 0.3) is 0 Å². The van der Waals surface area contributed by atoms with Gasteiger partial charge in [0, 0.05) is 24.0 Å². The maximum Gasteiger partial charge on any atom is 0.202 e. The minimum atomic E-state index is 0.596. The average Bonchev–Trinajstić information content (AvgIpc) is 2.83.